The molecule has 0 bridgehead atoms. The third kappa shape index (κ3) is 4.26. The Bertz CT molecular complexity index is 655. The topological polar surface area (TPSA) is 108 Å². The Kier molecular flexibility index (Phi) is 6.05. The molecular weight excluding hydrogens is 318 g/mol. The molecule has 0 aliphatic rings. The number of aromatic nitrogens is 3. The molecule has 0 radical (unpaired) electrons. The van der Waals surface area contributed by atoms with E-state index < -0.39 is 0 Å². The maximum Gasteiger partial charge on any atom is 0.233 e. The van der Waals surface area contributed by atoms with Gasteiger partial charge in [-0.3, -0.25) is 4.79 Å². The van der Waals surface area contributed by atoms with Crippen molar-refractivity contribution in [2.24, 2.45) is 0 Å². The molecule has 1 atom stereocenters. The highest BCUT2D eigenvalue weighted by Crippen LogP contribution is 2.26. The monoisotopic (exact) mass is 339 g/mol. The maximum absolute atomic E-state index is 12.0. The number of carbonyl (C=O) groups is 1. The zero-order valence-corrected chi connectivity index (χ0v) is 14.2. The summed E-state index contributed by atoms with van der Waals surface area (Å²) < 4.78 is 11.6. The number of hydrogen-bond donors (Lipinski definition) is 2. The van der Waals surface area contributed by atoms with Gasteiger partial charge in [0.25, 0.3) is 0 Å². The lowest BCUT2D eigenvalue weighted by atomic mass is 10.2. The summed E-state index contributed by atoms with van der Waals surface area (Å²) in [6, 6.07) is 1.78. The van der Waals surface area contributed by atoms with Crippen molar-refractivity contribution >= 4 is 17.7 Å². The van der Waals surface area contributed by atoms with Crippen LogP contribution in [0.1, 0.15) is 19.1 Å². The van der Waals surface area contributed by atoms with Gasteiger partial charge in [-0.15, -0.1) is 10.2 Å². The van der Waals surface area contributed by atoms with Crippen LogP contribution in [0.3, 0.4) is 0 Å². The van der Waals surface area contributed by atoms with Crippen LogP contribution in [0.4, 0.5) is 0 Å². The lowest BCUT2D eigenvalue weighted by molar-refractivity contribution is -0.120. The largest absolute Gasteiger partial charge is 0.469 e. The van der Waals surface area contributed by atoms with Gasteiger partial charge in [0.1, 0.15) is 5.76 Å². The van der Waals surface area contributed by atoms with Gasteiger partial charge in [-0.25, -0.2) is 4.68 Å². The van der Waals surface area contributed by atoms with E-state index in [1.807, 2.05) is 6.92 Å². The molecule has 0 fully saturated rings. The Morgan fingerprint density at radius 3 is 3.00 bits per heavy atom. The molecule has 0 aliphatic heterocycles. The lowest BCUT2D eigenvalue weighted by Crippen LogP contribution is -2.32. The van der Waals surface area contributed by atoms with E-state index in [4.69, 9.17) is 15.0 Å². The number of furan rings is 1. The number of hydrogen-bond acceptors (Lipinski definition) is 7. The van der Waals surface area contributed by atoms with E-state index >= 15 is 0 Å². The Morgan fingerprint density at radius 2 is 2.35 bits per heavy atom. The van der Waals surface area contributed by atoms with E-state index in [-0.39, 0.29) is 11.2 Å². The van der Waals surface area contributed by atoms with Crippen LogP contribution in [0, 0.1) is 6.92 Å². The SMILES string of the molecule is COCCCNC(=O)C(C)Sc1nnc(-c2ccoc2C)n1N. The van der Waals surface area contributed by atoms with Crippen LogP contribution in [-0.4, -0.2) is 46.3 Å². The Labute approximate surface area is 138 Å². The van der Waals surface area contributed by atoms with E-state index in [0.29, 0.717) is 29.9 Å². The standard InChI is InChI=1S/C14H21N5O3S/c1-9-11(5-8-22-9)12-17-18-14(19(12)15)23-10(2)13(20)16-6-4-7-21-3/h5,8,10H,4,6-7,15H2,1-3H3,(H,16,20). The van der Waals surface area contributed by atoms with Gasteiger partial charge in [0.15, 0.2) is 5.82 Å². The molecular formula is C14H21N5O3S. The maximum atomic E-state index is 12.0. The summed E-state index contributed by atoms with van der Waals surface area (Å²) in [5, 5.41) is 11.1. The number of carbonyl (C=O) groups excluding carboxylic acids is 1. The molecule has 0 saturated carbocycles. The molecule has 2 aromatic rings. The van der Waals surface area contributed by atoms with Gasteiger partial charge >= 0.3 is 0 Å². The van der Waals surface area contributed by atoms with Gasteiger partial charge in [-0.05, 0) is 26.3 Å². The van der Waals surface area contributed by atoms with E-state index in [0.717, 1.165) is 12.0 Å². The highest BCUT2D eigenvalue weighted by molar-refractivity contribution is 8.00. The second kappa shape index (κ2) is 8.02. The number of nitrogens with zero attached hydrogens (tertiary/aromatic N) is 3. The number of thioether (sulfide) groups is 1. The summed E-state index contributed by atoms with van der Waals surface area (Å²) in [4.78, 5) is 12.0. The molecule has 8 nitrogen and oxygen atoms in total. The highest BCUT2D eigenvalue weighted by atomic mass is 32.2. The number of nitrogens with two attached hydrogens (primary N) is 1. The fourth-order valence-corrected chi connectivity index (χ4v) is 2.74. The Balaban J connectivity index is 1.97. The van der Waals surface area contributed by atoms with E-state index in [1.165, 1.54) is 16.4 Å². The minimum Gasteiger partial charge on any atom is -0.469 e. The molecule has 2 heterocycles. The first-order valence-corrected chi connectivity index (χ1v) is 8.10. The van der Waals surface area contributed by atoms with Crippen LogP contribution in [0.2, 0.25) is 0 Å². The molecule has 0 aliphatic carbocycles. The third-order valence-electron chi connectivity index (χ3n) is 3.24. The van der Waals surface area contributed by atoms with Crippen molar-refractivity contribution in [3.63, 3.8) is 0 Å². The van der Waals surface area contributed by atoms with E-state index in [2.05, 4.69) is 15.5 Å². The minimum atomic E-state index is -0.331. The molecule has 1 amide bonds. The number of nitrogen functional groups attached to an aromatic ring is 1. The molecule has 23 heavy (non-hydrogen) atoms. The molecule has 0 aromatic carbocycles. The van der Waals surface area contributed by atoms with Gasteiger partial charge in [-0.2, -0.15) is 0 Å². The van der Waals surface area contributed by atoms with Crippen molar-refractivity contribution in [1.82, 2.24) is 20.2 Å². The zero-order chi connectivity index (χ0) is 16.8. The predicted octanol–water partition coefficient (Wildman–Crippen LogP) is 1.19. The third-order valence-corrected chi connectivity index (χ3v) is 4.30. The van der Waals surface area contributed by atoms with Crippen LogP contribution in [-0.2, 0) is 9.53 Å². The van der Waals surface area contributed by atoms with Crippen molar-refractivity contribution in [2.45, 2.75) is 30.7 Å². The molecule has 9 heteroatoms. The number of methoxy groups -OCH3 is 1. The molecule has 126 valence electrons. The zero-order valence-electron chi connectivity index (χ0n) is 13.4. The molecule has 0 saturated heterocycles. The summed E-state index contributed by atoms with van der Waals surface area (Å²) in [7, 11) is 1.63. The number of amides is 1. The van der Waals surface area contributed by atoms with Crippen molar-refractivity contribution in [3.8, 4) is 11.4 Å². The number of aryl methyl sites for hydroxylation is 1. The molecule has 2 rings (SSSR count). The average Bonchev–Trinajstić information content (AvgIpc) is 3.10. The van der Waals surface area contributed by atoms with Crippen LogP contribution in [0.15, 0.2) is 21.9 Å². The number of nitrogens with one attached hydrogen (secondary N) is 1. The van der Waals surface area contributed by atoms with Crippen LogP contribution in [0.5, 0.6) is 0 Å². The van der Waals surface area contributed by atoms with E-state index in [9.17, 15) is 4.79 Å². The van der Waals surface area contributed by atoms with Gasteiger partial charge in [0.05, 0.1) is 17.1 Å². The molecule has 3 N–H and O–H groups in total. The Morgan fingerprint density at radius 1 is 1.57 bits per heavy atom. The van der Waals surface area contributed by atoms with Crippen LogP contribution < -0.4 is 11.2 Å². The summed E-state index contributed by atoms with van der Waals surface area (Å²) >= 11 is 1.26. The van der Waals surface area contributed by atoms with Crippen LogP contribution in [0.25, 0.3) is 11.4 Å². The quantitative estimate of drug-likeness (QED) is 0.422. The smallest absolute Gasteiger partial charge is 0.233 e. The summed E-state index contributed by atoms with van der Waals surface area (Å²) in [5.41, 5.74) is 0.781. The number of ether oxygens (including phenoxy) is 1. The average molecular weight is 339 g/mol. The first-order chi connectivity index (χ1) is 11.0. The molecule has 2 aromatic heterocycles. The summed E-state index contributed by atoms with van der Waals surface area (Å²) in [6.45, 7) is 4.82. The van der Waals surface area contributed by atoms with E-state index in [1.54, 1.807) is 26.4 Å². The first-order valence-electron chi connectivity index (χ1n) is 7.22. The summed E-state index contributed by atoms with van der Waals surface area (Å²) in [6.07, 6.45) is 2.35. The lowest BCUT2D eigenvalue weighted by Gasteiger charge is -2.11. The Hall–Kier alpha value is -2.00. The normalized spacial score (nSPS) is 12.3. The number of rotatable bonds is 8. The van der Waals surface area contributed by atoms with Gasteiger partial charge in [-0.1, -0.05) is 11.8 Å². The predicted molar refractivity (Wildman–Crippen MR) is 87.4 cm³/mol. The minimum absolute atomic E-state index is 0.0739. The van der Waals surface area contributed by atoms with Crippen molar-refractivity contribution in [3.05, 3.63) is 18.1 Å². The fraction of sp³-hybridized carbons (Fsp3) is 0.500. The summed E-state index contributed by atoms with van der Waals surface area (Å²) in [5.74, 6) is 7.18. The van der Waals surface area contributed by atoms with Gasteiger partial charge in [0.2, 0.25) is 11.1 Å². The van der Waals surface area contributed by atoms with Gasteiger partial charge in [0, 0.05) is 20.3 Å². The second-order valence-corrected chi connectivity index (χ2v) is 6.27. The first kappa shape index (κ1) is 17.4. The van der Waals surface area contributed by atoms with Crippen molar-refractivity contribution in [2.75, 3.05) is 26.1 Å². The second-order valence-electron chi connectivity index (χ2n) is 4.96. The van der Waals surface area contributed by atoms with Crippen molar-refractivity contribution in [1.29, 1.82) is 0 Å². The molecule has 0 spiro atoms. The van der Waals surface area contributed by atoms with Gasteiger partial charge < -0.3 is 20.3 Å². The highest BCUT2D eigenvalue weighted by Gasteiger charge is 2.20. The fourth-order valence-electron chi connectivity index (χ4n) is 1.94. The van der Waals surface area contributed by atoms with Crippen molar-refractivity contribution < 1.29 is 13.9 Å². The van der Waals surface area contributed by atoms with Crippen LogP contribution >= 0.6 is 11.8 Å². The molecule has 1 unspecified atom stereocenters.